The zero-order chi connectivity index (χ0) is 12.3. The number of hydrogen-bond acceptors (Lipinski definition) is 3. The number of nitrogens with one attached hydrogen (secondary N) is 1. The van der Waals surface area contributed by atoms with Gasteiger partial charge in [-0.05, 0) is 55.1 Å². The molecule has 90 valence electrons. The van der Waals surface area contributed by atoms with Crippen LogP contribution < -0.4 is 5.32 Å². The fourth-order valence-electron chi connectivity index (χ4n) is 1.99. The van der Waals surface area contributed by atoms with Crippen molar-refractivity contribution in [3.8, 4) is 0 Å². The quantitative estimate of drug-likeness (QED) is 0.893. The standard InChI is InChI=1S/C14H18N2S/c1-4-15-14(13-8-11(3)17-9-13)12-5-6-16-10(2)7-12/h5-9,14-15H,4H2,1-3H3. The molecule has 0 spiro atoms. The van der Waals surface area contributed by atoms with Crippen LogP contribution in [0.3, 0.4) is 0 Å². The van der Waals surface area contributed by atoms with Crippen LogP contribution >= 0.6 is 11.3 Å². The monoisotopic (exact) mass is 246 g/mol. The Kier molecular flexibility index (Phi) is 3.92. The lowest BCUT2D eigenvalue weighted by Gasteiger charge is -2.17. The number of aryl methyl sites for hydroxylation is 2. The second-order valence-corrected chi connectivity index (χ2v) is 5.33. The highest BCUT2D eigenvalue weighted by molar-refractivity contribution is 7.10. The van der Waals surface area contributed by atoms with Crippen molar-refractivity contribution in [3.63, 3.8) is 0 Å². The molecule has 0 radical (unpaired) electrons. The first-order valence-corrected chi connectivity index (χ1v) is 6.79. The van der Waals surface area contributed by atoms with Crippen molar-refractivity contribution in [1.29, 1.82) is 0 Å². The molecule has 0 saturated heterocycles. The van der Waals surface area contributed by atoms with Crippen molar-refractivity contribution >= 4 is 11.3 Å². The van der Waals surface area contributed by atoms with Crippen molar-refractivity contribution in [2.75, 3.05) is 6.54 Å². The largest absolute Gasteiger partial charge is 0.307 e. The average Bonchev–Trinajstić information content (AvgIpc) is 2.72. The number of aromatic nitrogens is 1. The minimum Gasteiger partial charge on any atom is -0.307 e. The zero-order valence-electron chi connectivity index (χ0n) is 10.5. The highest BCUT2D eigenvalue weighted by atomic mass is 32.1. The molecule has 0 aromatic carbocycles. The Morgan fingerprint density at radius 1 is 1.29 bits per heavy atom. The van der Waals surface area contributed by atoms with Gasteiger partial charge in [0.1, 0.15) is 0 Å². The number of rotatable bonds is 4. The first-order chi connectivity index (χ1) is 8.20. The summed E-state index contributed by atoms with van der Waals surface area (Å²) in [7, 11) is 0. The van der Waals surface area contributed by atoms with E-state index < -0.39 is 0 Å². The van der Waals surface area contributed by atoms with E-state index in [1.165, 1.54) is 16.0 Å². The fraction of sp³-hybridized carbons (Fsp3) is 0.357. The SMILES string of the molecule is CCNC(c1ccnc(C)c1)c1csc(C)c1. The van der Waals surface area contributed by atoms with Crippen LogP contribution in [0.2, 0.25) is 0 Å². The zero-order valence-corrected chi connectivity index (χ0v) is 11.3. The molecule has 0 bridgehead atoms. The molecule has 2 heterocycles. The van der Waals surface area contributed by atoms with Gasteiger partial charge in [-0.2, -0.15) is 0 Å². The van der Waals surface area contributed by atoms with E-state index in [4.69, 9.17) is 0 Å². The predicted octanol–water partition coefficient (Wildman–Crippen LogP) is 3.46. The van der Waals surface area contributed by atoms with Gasteiger partial charge in [0, 0.05) is 16.8 Å². The van der Waals surface area contributed by atoms with Gasteiger partial charge in [0.2, 0.25) is 0 Å². The Bertz CT molecular complexity index is 490. The van der Waals surface area contributed by atoms with Crippen molar-refractivity contribution in [1.82, 2.24) is 10.3 Å². The summed E-state index contributed by atoms with van der Waals surface area (Å²) in [5.74, 6) is 0. The maximum Gasteiger partial charge on any atom is 0.0586 e. The predicted molar refractivity (Wildman–Crippen MR) is 73.5 cm³/mol. The van der Waals surface area contributed by atoms with Gasteiger partial charge >= 0.3 is 0 Å². The summed E-state index contributed by atoms with van der Waals surface area (Å²) in [5.41, 5.74) is 3.70. The van der Waals surface area contributed by atoms with Crippen LogP contribution in [-0.4, -0.2) is 11.5 Å². The first-order valence-electron chi connectivity index (χ1n) is 5.91. The summed E-state index contributed by atoms with van der Waals surface area (Å²) in [4.78, 5) is 5.61. The van der Waals surface area contributed by atoms with Crippen LogP contribution in [0.4, 0.5) is 0 Å². The van der Waals surface area contributed by atoms with Crippen LogP contribution in [0.15, 0.2) is 29.8 Å². The normalized spacial score (nSPS) is 12.6. The van der Waals surface area contributed by atoms with Crippen LogP contribution in [0.25, 0.3) is 0 Å². The first kappa shape index (κ1) is 12.3. The third kappa shape index (κ3) is 2.93. The Labute approximate surface area is 107 Å². The molecule has 1 N–H and O–H groups in total. The number of hydrogen-bond donors (Lipinski definition) is 1. The maximum absolute atomic E-state index is 4.26. The van der Waals surface area contributed by atoms with E-state index in [1.54, 1.807) is 11.3 Å². The number of pyridine rings is 1. The van der Waals surface area contributed by atoms with Crippen LogP contribution in [0.5, 0.6) is 0 Å². The molecule has 2 rings (SSSR count). The minimum atomic E-state index is 0.284. The van der Waals surface area contributed by atoms with E-state index >= 15 is 0 Å². The maximum atomic E-state index is 4.26. The highest BCUT2D eigenvalue weighted by Crippen LogP contribution is 2.26. The summed E-state index contributed by atoms with van der Waals surface area (Å²) >= 11 is 1.80. The number of nitrogens with zero attached hydrogens (tertiary/aromatic N) is 1. The van der Waals surface area contributed by atoms with E-state index in [0.29, 0.717) is 0 Å². The molecule has 2 aromatic heterocycles. The van der Waals surface area contributed by atoms with Gasteiger partial charge in [-0.25, -0.2) is 0 Å². The summed E-state index contributed by atoms with van der Waals surface area (Å²) in [6.45, 7) is 7.28. The van der Waals surface area contributed by atoms with Crippen LogP contribution in [-0.2, 0) is 0 Å². The van der Waals surface area contributed by atoms with Crippen molar-refractivity contribution in [2.24, 2.45) is 0 Å². The lowest BCUT2D eigenvalue weighted by atomic mass is 10.0. The van der Waals surface area contributed by atoms with Crippen molar-refractivity contribution in [2.45, 2.75) is 26.8 Å². The third-order valence-electron chi connectivity index (χ3n) is 2.75. The molecule has 0 saturated carbocycles. The molecule has 0 fully saturated rings. The Morgan fingerprint density at radius 3 is 2.71 bits per heavy atom. The van der Waals surface area contributed by atoms with Crippen molar-refractivity contribution < 1.29 is 0 Å². The van der Waals surface area contributed by atoms with Crippen molar-refractivity contribution in [3.05, 3.63) is 51.5 Å². The summed E-state index contributed by atoms with van der Waals surface area (Å²) in [6.07, 6.45) is 1.88. The van der Waals surface area contributed by atoms with Gasteiger partial charge in [-0.3, -0.25) is 4.98 Å². The van der Waals surface area contributed by atoms with Gasteiger partial charge < -0.3 is 5.32 Å². The molecule has 17 heavy (non-hydrogen) atoms. The molecule has 3 heteroatoms. The van der Waals surface area contributed by atoms with Crippen LogP contribution in [0.1, 0.15) is 34.7 Å². The lowest BCUT2D eigenvalue weighted by molar-refractivity contribution is 0.631. The van der Waals surface area contributed by atoms with Gasteiger partial charge in [-0.15, -0.1) is 11.3 Å². The Balaban J connectivity index is 2.35. The summed E-state index contributed by atoms with van der Waals surface area (Å²) in [6, 6.07) is 6.79. The molecule has 0 aliphatic heterocycles. The molecule has 1 atom stereocenters. The van der Waals surface area contributed by atoms with E-state index in [0.717, 1.165) is 12.2 Å². The second kappa shape index (κ2) is 5.43. The van der Waals surface area contributed by atoms with E-state index in [2.05, 4.69) is 47.7 Å². The Hall–Kier alpha value is -1.19. The molecular weight excluding hydrogens is 228 g/mol. The topological polar surface area (TPSA) is 24.9 Å². The van der Waals surface area contributed by atoms with E-state index in [1.807, 2.05) is 13.1 Å². The molecule has 0 amide bonds. The highest BCUT2D eigenvalue weighted by Gasteiger charge is 2.14. The smallest absolute Gasteiger partial charge is 0.0586 e. The van der Waals surface area contributed by atoms with Gasteiger partial charge in [-0.1, -0.05) is 6.92 Å². The fourth-order valence-corrected chi connectivity index (χ4v) is 2.72. The molecule has 1 unspecified atom stereocenters. The molecule has 0 aliphatic carbocycles. The molecule has 2 nitrogen and oxygen atoms in total. The van der Waals surface area contributed by atoms with Crippen LogP contribution in [0, 0.1) is 13.8 Å². The molecule has 0 aliphatic rings. The van der Waals surface area contributed by atoms with E-state index in [-0.39, 0.29) is 6.04 Å². The second-order valence-electron chi connectivity index (χ2n) is 4.21. The van der Waals surface area contributed by atoms with Gasteiger partial charge in [0.25, 0.3) is 0 Å². The Morgan fingerprint density at radius 2 is 2.12 bits per heavy atom. The molecule has 2 aromatic rings. The average molecular weight is 246 g/mol. The van der Waals surface area contributed by atoms with Gasteiger partial charge in [0.05, 0.1) is 6.04 Å². The van der Waals surface area contributed by atoms with Gasteiger partial charge in [0.15, 0.2) is 0 Å². The lowest BCUT2D eigenvalue weighted by Crippen LogP contribution is -2.21. The third-order valence-corrected chi connectivity index (χ3v) is 3.63. The molecular formula is C14H18N2S. The summed E-state index contributed by atoms with van der Waals surface area (Å²) < 4.78 is 0. The number of thiophene rings is 1. The summed E-state index contributed by atoms with van der Waals surface area (Å²) in [5, 5.41) is 5.77. The minimum absolute atomic E-state index is 0.284. The van der Waals surface area contributed by atoms with E-state index in [9.17, 15) is 0 Å².